The van der Waals surface area contributed by atoms with Gasteiger partial charge in [0.1, 0.15) is 11.6 Å². The number of hydrogen-bond acceptors (Lipinski definition) is 4. The van der Waals surface area contributed by atoms with Crippen LogP contribution in [-0.4, -0.2) is 71.7 Å². The lowest BCUT2D eigenvalue weighted by atomic mass is 9.68. The SMILES string of the molecule is CCCNC(=O)N1CC2(CN(C(=O)c3cccc(F)c3)C2)c2c([nH]c3cc(OC)ccc23)[C@H]1CO. The molecule has 0 radical (unpaired) electrons. The first-order valence-corrected chi connectivity index (χ1v) is 11.8. The van der Waals surface area contributed by atoms with E-state index in [9.17, 15) is 19.1 Å². The average Bonchev–Trinajstić information content (AvgIpc) is 3.23. The van der Waals surface area contributed by atoms with Crippen molar-refractivity contribution in [2.45, 2.75) is 24.8 Å². The number of ether oxygens (including phenoxy) is 1. The zero-order chi connectivity index (χ0) is 24.7. The second-order valence-corrected chi connectivity index (χ2v) is 9.34. The Morgan fingerprint density at radius 2 is 2.03 bits per heavy atom. The average molecular weight is 481 g/mol. The number of urea groups is 1. The summed E-state index contributed by atoms with van der Waals surface area (Å²) < 4.78 is 19.1. The second-order valence-electron chi connectivity index (χ2n) is 9.34. The number of H-pyrrole nitrogens is 1. The number of aliphatic hydroxyl groups is 1. The third-order valence-corrected chi connectivity index (χ3v) is 7.05. The van der Waals surface area contributed by atoms with Gasteiger partial charge in [0, 0.05) is 54.4 Å². The molecule has 0 unspecified atom stereocenters. The quantitative estimate of drug-likeness (QED) is 0.523. The van der Waals surface area contributed by atoms with E-state index < -0.39 is 17.3 Å². The third-order valence-electron chi connectivity index (χ3n) is 7.05. The molecule has 35 heavy (non-hydrogen) atoms. The lowest BCUT2D eigenvalue weighted by molar-refractivity contribution is 0.0121. The van der Waals surface area contributed by atoms with Gasteiger partial charge in [0.25, 0.3) is 5.91 Å². The number of rotatable bonds is 5. The van der Waals surface area contributed by atoms with Crippen LogP contribution in [0.1, 0.15) is 41.0 Å². The summed E-state index contributed by atoms with van der Waals surface area (Å²) in [5.74, 6) is -0.00890. The fraction of sp³-hybridized carbons (Fsp3) is 0.385. The molecule has 0 saturated carbocycles. The highest BCUT2D eigenvalue weighted by molar-refractivity contribution is 5.96. The highest BCUT2D eigenvalue weighted by atomic mass is 19.1. The Hall–Kier alpha value is -3.59. The smallest absolute Gasteiger partial charge is 0.318 e. The fourth-order valence-corrected chi connectivity index (χ4v) is 5.44. The topological polar surface area (TPSA) is 97.9 Å². The first-order chi connectivity index (χ1) is 16.9. The van der Waals surface area contributed by atoms with E-state index in [1.165, 1.54) is 18.2 Å². The van der Waals surface area contributed by atoms with Gasteiger partial charge in [-0.25, -0.2) is 9.18 Å². The number of likely N-dealkylation sites (tertiary alicyclic amines) is 1. The lowest BCUT2D eigenvalue weighted by Gasteiger charge is -2.56. The molecule has 0 bridgehead atoms. The van der Waals surface area contributed by atoms with Crippen LogP contribution in [0.5, 0.6) is 5.75 Å². The molecule has 3 aromatic rings. The highest BCUT2D eigenvalue weighted by Gasteiger charge is 2.55. The number of nitrogens with zero attached hydrogens (tertiary/aromatic N) is 2. The van der Waals surface area contributed by atoms with E-state index in [1.807, 2.05) is 25.1 Å². The number of hydrogen-bond donors (Lipinski definition) is 3. The maximum Gasteiger partial charge on any atom is 0.318 e. The molecular formula is C26H29FN4O4. The lowest BCUT2D eigenvalue weighted by Crippen LogP contribution is -2.68. The maximum absolute atomic E-state index is 13.7. The molecule has 5 rings (SSSR count). The first kappa shape index (κ1) is 23.2. The van der Waals surface area contributed by atoms with Gasteiger partial charge in [-0.05, 0) is 42.3 Å². The number of halogens is 1. The summed E-state index contributed by atoms with van der Waals surface area (Å²) >= 11 is 0. The Balaban J connectivity index is 1.55. The zero-order valence-electron chi connectivity index (χ0n) is 19.8. The Kier molecular flexibility index (Phi) is 5.88. The molecule has 3 heterocycles. The summed E-state index contributed by atoms with van der Waals surface area (Å²) in [7, 11) is 1.60. The monoisotopic (exact) mass is 480 g/mol. The maximum atomic E-state index is 13.7. The Labute approximate surface area is 202 Å². The van der Waals surface area contributed by atoms with E-state index in [0.717, 1.165) is 28.6 Å². The number of aromatic amines is 1. The molecule has 1 saturated heterocycles. The van der Waals surface area contributed by atoms with Crippen LogP contribution in [0.25, 0.3) is 10.9 Å². The van der Waals surface area contributed by atoms with Crippen molar-refractivity contribution in [1.29, 1.82) is 0 Å². The van der Waals surface area contributed by atoms with Crippen molar-refractivity contribution in [3.8, 4) is 5.75 Å². The number of carbonyl (C=O) groups is 2. The van der Waals surface area contributed by atoms with E-state index in [2.05, 4.69) is 10.3 Å². The Morgan fingerprint density at radius 1 is 1.23 bits per heavy atom. The molecule has 2 aromatic carbocycles. The third kappa shape index (κ3) is 3.80. The normalized spacial score (nSPS) is 18.3. The largest absolute Gasteiger partial charge is 0.497 e. The molecule has 2 aliphatic rings. The van der Waals surface area contributed by atoms with Crippen LogP contribution in [-0.2, 0) is 5.41 Å². The van der Waals surface area contributed by atoms with E-state index in [4.69, 9.17) is 4.74 Å². The fourth-order valence-electron chi connectivity index (χ4n) is 5.44. The van der Waals surface area contributed by atoms with Crippen LogP contribution in [0.4, 0.5) is 9.18 Å². The predicted molar refractivity (Wildman–Crippen MR) is 129 cm³/mol. The summed E-state index contributed by atoms with van der Waals surface area (Å²) in [5.41, 5.74) is 2.41. The number of methoxy groups -OCH3 is 1. The molecule has 184 valence electrons. The van der Waals surface area contributed by atoms with Crippen LogP contribution < -0.4 is 10.1 Å². The van der Waals surface area contributed by atoms with Gasteiger partial charge in [0.2, 0.25) is 0 Å². The Morgan fingerprint density at radius 3 is 2.71 bits per heavy atom. The number of fused-ring (bicyclic) bond motifs is 4. The van der Waals surface area contributed by atoms with Gasteiger partial charge in [0.05, 0.1) is 25.2 Å². The predicted octanol–water partition coefficient (Wildman–Crippen LogP) is 3.18. The van der Waals surface area contributed by atoms with Gasteiger partial charge < -0.3 is 29.9 Å². The van der Waals surface area contributed by atoms with Crippen molar-refractivity contribution in [3.05, 3.63) is 65.1 Å². The van der Waals surface area contributed by atoms with Crippen molar-refractivity contribution in [2.24, 2.45) is 0 Å². The van der Waals surface area contributed by atoms with Gasteiger partial charge >= 0.3 is 6.03 Å². The molecule has 0 aliphatic carbocycles. The summed E-state index contributed by atoms with van der Waals surface area (Å²) in [6.45, 7) is 3.38. The minimum absolute atomic E-state index is 0.238. The van der Waals surface area contributed by atoms with Gasteiger partial charge in [-0.3, -0.25) is 4.79 Å². The summed E-state index contributed by atoms with van der Waals surface area (Å²) in [4.78, 5) is 33.0. The van der Waals surface area contributed by atoms with Gasteiger partial charge in [0.15, 0.2) is 0 Å². The van der Waals surface area contributed by atoms with Crippen molar-refractivity contribution < 1.29 is 23.8 Å². The van der Waals surface area contributed by atoms with Crippen LogP contribution in [0.3, 0.4) is 0 Å². The number of amides is 3. The van der Waals surface area contributed by atoms with Crippen LogP contribution in [0.15, 0.2) is 42.5 Å². The molecule has 1 aromatic heterocycles. The van der Waals surface area contributed by atoms with Crippen molar-refractivity contribution in [2.75, 3.05) is 39.9 Å². The minimum Gasteiger partial charge on any atom is -0.497 e. The van der Waals surface area contributed by atoms with Gasteiger partial charge in [-0.1, -0.05) is 13.0 Å². The molecule has 1 atom stereocenters. The van der Waals surface area contributed by atoms with Crippen molar-refractivity contribution >= 4 is 22.8 Å². The number of aromatic nitrogens is 1. The van der Waals surface area contributed by atoms with Gasteiger partial charge in [-0.15, -0.1) is 0 Å². The summed E-state index contributed by atoms with van der Waals surface area (Å²) in [6.07, 6.45) is 0.794. The molecule has 8 nitrogen and oxygen atoms in total. The highest BCUT2D eigenvalue weighted by Crippen LogP contribution is 2.48. The molecule has 9 heteroatoms. The standard InChI is InChI=1S/C26H29FN4O4/c1-3-9-28-25(34)31-15-26(13-30(14-26)24(33)16-5-4-6-17(27)10-16)22-19-8-7-18(35-2)11-20(19)29-23(22)21(31)12-32/h4-8,10-11,21,29,32H,3,9,12-15H2,1-2H3,(H,28,34)/t21-/m1/s1. The van der Waals surface area contributed by atoms with Crippen LogP contribution in [0.2, 0.25) is 0 Å². The molecule has 1 spiro atoms. The number of carbonyl (C=O) groups excluding carboxylic acids is 2. The number of aliphatic hydroxyl groups excluding tert-OH is 1. The first-order valence-electron chi connectivity index (χ1n) is 11.8. The van der Waals surface area contributed by atoms with Crippen LogP contribution in [0, 0.1) is 5.82 Å². The molecule has 1 fully saturated rings. The van der Waals surface area contributed by atoms with Gasteiger partial charge in [-0.2, -0.15) is 0 Å². The molecule has 3 amide bonds. The van der Waals surface area contributed by atoms with Crippen molar-refractivity contribution in [1.82, 2.24) is 20.1 Å². The number of nitrogens with one attached hydrogen (secondary N) is 2. The second kappa shape index (κ2) is 8.88. The van der Waals surface area contributed by atoms with E-state index in [0.29, 0.717) is 37.5 Å². The minimum atomic E-state index is -0.543. The van der Waals surface area contributed by atoms with Crippen LogP contribution >= 0.6 is 0 Å². The summed E-state index contributed by atoms with van der Waals surface area (Å²) in [6, 6.07) is 10.6. The molecule has 2 aliphatic heterocycles. The number of benzene rings is 2. The molecule has 3 N–H and O–H groups in total. The van der Waals surface area contributed by atoms with E-state index >= 15 is 0 Å². The Bertz CT molecular complexity index is 1280. The summed E-state index contributed by atoms with van der Waals surface area (Å²) in [5, 5.41) is 14.2. The van der Waals surface area contributed by atoms with E-state index in [1.54, 1.807) is 23.0 Å². The molecular weight excluding hydrogens is 451 g/mol. The zero-order valence-corrected chi connectivity index (χ0v) is 19.8. The van der Waals surface area contributed by atoms with Crippen molar-refractivity contribution in [3.63, 3.8) is 0 Å². The van der Waals surface area contributed by atoms with E-state index in [-0.39, 0.29) is 18.5 Å².